The van der Waals surface area contributed by atoms with Crippen molar-refractivity contribution in [1.29, 1.82) is 0 Å². The van der Waals surface area contributed by atoms with Gasteiger partial charge in [-0.3, -0.25) is 4.40 Å². The predicted octanol–water partition coefficient (Wildman–Crippen LogP) is 1.07. The quantitative estimate of drug-likeness (QED) is 0.721. The number of carboxylic acids is 1. The number of fused-ring (bicyclic) bond motifs is 1. The second kappa shape index (κ2) is 5.91. The van der Waals surface area contributed by atoms with E-state index < -0.39 is 23.0 Å². The van der Waals surface area contributed by atoms with Gasteiger partial charge in [-0.25, -0.2) is 18.6 Å². The van der Waals surface area contributed by atoms with Crippen LogP contribution in [0.5, 0.6) is 5.75 Å². The van der Waals surface area contributed by atoms with Crippen LogP contribution in [0.25, 0.3) is 5.65 Å². The zero-order valence-electron chi connectivity index (χ0n) is 13.9. The zero-order valence-corrected chi connectivity index (χ0v) is 13.9. The van der Waals surface area contributed by atoms with Crippen LogP contribution in [0, 0.1) is 18.6 Å². The Labute approximate surface area is 144 Å². The summed E-state index contributed by atoms with van der Waals surface area (Å²) in [6.45, 7) is 1.57. The van der Waals surface area contributed by atoms with Crippen LogP contribution in [-0.4, -0.2) is 36.2 Å². The van der Waals surface area contributed by atoms with Crippen molar-refractivity contribution in [3.63, 3.8) is 0 Å². The molecule has 9 heteroatoms. The number of ether oxygens (including phenoxy) is 1. The summed E-state index contributed by atoms with van der Waals surface area (Å²) in [5.41, 5.74) is 0.384. The third-order valence-corrected chi connectivity index (χ3v) is 3.92. The maximum absolute atomic E-state index is 14.1. The molecule has 0 fully saturated rings. The summed E-state index contributed by atoms with van der Waals surface area (Å²) in [5, 5.41) is 7.99. The van der Waals surface area contributed by atoms with Crippen LogP contribution in [0.1, 0.15) is 21.7 Å². The van der Waals surface area contributed by atoms with Crippen molar-refractivity contribution in [2.45, 2.75) is 12.3 Å². The van der Waals surface area contributed by atoms with Crippen molar-refractivity contribution >= 4 is 27.3 Å². The highest BCUT2D eigenvalue weighted by Gasteiger charge is 2.31. The minimum absolute atomic E-state index is 0.00956. The fraction of sp³-hybridized carbons (Fsp3) is 0.125. The van der Waals surface area contributed by atoms with Gasteiger partial charge in [0.25, 0.3) is 0 Å². The average molecular weight is 342 g/mol. The summed E-state index contributed by atoms with van der Waals surface area (Å²) in [6.07, 6.45) is 1.54. The number of imidazole rings is 1. The van der Waals surface area contributed by atoms with Gasteiger partial charge in [-0.15, -0.1) is 0 Å². The highest BCUT2D eigenvalue weighted by atomic mass is 19.1. The van der Waals surface area contributed by atoms with Crippen molar-refractivity contribution in [3.05, 3.63) is 65.1 Å². The Hall–Kier alpha value is -2.83. The van der Waals surface area contributed by atoms with E-state index in [-0.39, 0.29) is 22.7 Å². The maximum atomic E-state index is 14.1. The van der Waals surface area contributed by atoms with Crippen molar-refractivity contribution in [2.24, 2.45) is 0 Å². The number of halogens is 2. The van der Waals surface area contributed by atoms with E-state index >= 15 is 0 Å². The Morgan fingerprint density at radius 2 is 1.88 bits per heavy atom. The Morgan fingerprint density at radius 1 is 1.24 bits per heavy atom. The van der Waals surface area contributed by atoms with E-state index in [1.165, 1.54) is 26.2 Å². The van der Waals surface area contributed by atoms with Gasteiger partial charge in [-0.05, 0) is 31.2 Å². The molecule has 3 rings (SSSR count). The summed E-state index contributed by atoms with van der Waals surface area (Å²) in [6, 6.07) is 6.76. The molecule has 126 valence electrons. The standard InChI is InChI=1S/C16H14B2F2N2O3/c1-8-13(15(23)24)22-7-3-6-11(14(22)21-8)25-16(17,18)12-9(19)4-2-5-10(12)20/h2-7H,17-18H2,1H3,(H,23,24). The van der Waals surface area contributed by atoms with E-state index in [2.05, 4.69) is 4.98 Å². The Bertz CT molecular complexity index is 969. The molecule has 0 saturated carbocycles. The van der Waals surface area contributed by atoms with E-state index in [9.17, 15) is 18.7 Å². The lowest BCUT2D eigenvalue weighted by molar-refractivity contribution is 0.0688. The normalized spacial score (nSPS) is 11.6. The number of aryl methyl sites for hydroxylation is 1. The van der Waals surface area contributed by atoms with Crippen LogP contribution in [0.15, 0.2) is 36.5 Å². The zero-order chi connectivity index (χ0) is 18.4. The smallest absolute Gasteiger partial charge is 0.354 e. The maximum Gasteiger partial charge on any atom is 0.354 e. The number of benzene rings is 1. The molecule has 2 aromatic heterocycles. The molecule has 0 unspecified atom stereocenters. The van der Waals surface area contributed by atoms with Crippen molar-refractivity contribution in [2.75, 3.05) is 0 Å². The van der Waals surface area contributed by atoms with Crippen LogP contribution in [0.4, 0.5) is 8.78 Å². The molecule has 0 aliphatic carbocycles. The molecule has 3 aromatic rings. The molecule has 1 aromatic carbocycles. The van der Waals surface area contributed by atoms with Crippen LogP contribution in [0.2, 0.25) is 0 Å². The number of aromatic nitrogens is 2. The fourth-order valence-electron chi connectivity index (χ4n) is 2.89. The molecule has 0 aliphatic rings. The molecule has 1 N–H and O–H groups in total. The SMILES string of the molecule is BC(B)(Oc1cccn2c(C(=O)O)c(C)nc12)c1c(F)cccc1F. The highest BCUT2D eigenvalue weighted by molar-refractivity contribution is 6.39. The summed E-state index contributed by atoms with van der Waals surface area (Å²) < 4.78 is 35.5. The molecule has 0 bridgehead atoms. The number of nitrogens with zero attached hydrogens (tertiary/aromatic N) is 2. The van der Waals surface area contributed by atoms with Gasteiger partial charge in [0.2, 0.25) is 0 Å². The first-order valence-electron chi connectivity index (χ1n) is 7.57. The molecule has 0 spiro atoms. The van der Waals surface area contributed by atoms with Crippen molar-refractivity contribution < 1.29 is 23.4 Å². The second-order valence-corrected chi connectivity index (χ2v) is 6.13. The highest BCUT2D eigenvalue weighted by Crippen LogP contribution is 2.30. The van der Waals surface area contributed by atoms with E-state index in [1.54, 1.807) is 25.3 Å². The Balaban J connectivity index is 2.12. The minimum Gasteiger partial charge on any atom is -0.497 e. The monoisotopic (exact) mass is 342 g/mol. The summed E-state index contributed by atoms with van der Waals surface area (Å²) in [7, 11) is 3.07. The van der Waals surface area contributed by atoms with Crippen LogP contribution < -0.4 is 4.74 Å². The molecule has 0 atom stereocenters. The molecule has 0 amide bonds. The lowest BCUT2D eigenvalue weighted by Crippen LogP contribution is -2.36. The van der Waals surface area contributed by atoms with Gasteiger partial charge >= 0.3 is 5.97 Å². The van der Waals surface area contributed by atoms with Crippen LogP contribution in [-0.2, 0) is 5.40 Å². The lowest BCUT2D eigenvalue weighted by atomic mass is 9.60. The fourth-order valence-corrected chi connectivity index (χ4v) is 2.89. The Morgan fingerprint density at radius 3 is 2.48 bits per heavy atom. The summed E-state index contributed by atoms with van der Waals surface area (Å²) >= 11 is 0. The van der Waals surface area contributed by atoms with Crippen LogP contribution >= 0.6 is 0 Å². The topological polar surface area (TPSA) is 63.8 Å². The van der Waals surface area contributed by atoms with Gasteiger partial charge in [0, 0.05) is 11.8 Å². The molecule has 0 aliphatic heterocycles. The molecule has 2 heterocycles. The largest absolute Gasteiger partial charge is 0.497 e. The Kier molecular flexibility index (Phi) is 4.02. The van der Waals surface area contributed by atoms with Gasteiger partial charge in [-0.1, -0.05) is 6.07 Å². The second-order valence-electron chi connectivity index (χ2n) is 6.13. The molecular formula is C16H14B2F2N2O3. The van der Waals surface area contributed by atoms with Crippen molar-refractivity contribution in [3.8, 4) is 5.75 Å². The first kappa shape index (κ1) is 17.0. The average Bonchev–Trinajstić information content (AvgIpc) is 2.83. The molecular weight excluding hydrogens is 328 g/mol. The number of carboxylic acid groups (broad SMARTS) is 1. The third-order valence-electron chi connectivity index (χ3n) is 3.92. The summed E-state index contributed by atoms with van der Waals surface area (Å²) in [4.78, 5) is 15.6. The molecule has 25 heavy (non-hydrogen) atoms. The number of carbonyl (C=O) groups is 1. The number of hydrogen-bond donors (Lipinski definition) is 1. The van der Waals surface area contributed by atoms with Gasteiger partial charge in [0.05, 0.1) is 11.1 Å². The van der Waals surface area contributed by atoms with E-state index in [4.69, 9.17) is 4.74 Å². The number of hydrogen-bond acceptors (Lipinski definition) is 3. The van der Waals surface area contributed by atoms with Gasteiger partial charge in [-0.2, -0.15) is 0 Å². The lowest BCUT2D eigenvalue weighted by Gasteiger charge is -2.28. The number of rotatable bonds is 4. The number of aromatic carboxylic acids is 1. The van der Waals surface area contributed by atoms with Gasteiger partial charge < -0.3 is 9.84 Å². The van der Waals surface area contributed by atoms with E-state index in [1.807, 2.05) is 0 Å². The summed E-state index contributed by atoms with van der Waals surface area (Å²) in [5.74, 6) is -2.34. The van der Waals surface area contributed by atoms with Crippen LogP contribution in [0.3, 0.4) is 0 Å². The molecule has 0 saturated heterocycles. The molecule has 0 radical (unpaired) electrons. The van der Waals surface area contributed by atoms with E-state index in [0.29, 0.717) is 5.69 Å². The molecule has 5 nitrogen and oxygen atoms in total. The third kappa shape index (κ3) is 2.86. The van der Waals surface area contributed by atoms with Gasteiger partial charge in [0.1, 0.15) is 11.6 Å². The van der Waals surface area contributed by atoms with Gasteiger partial charge in [0.15, 0.2) is 32.8 Å². The predicted molar refractivity (Wildman–Crippen MR) is 92.6 cm³/mol. The van der Waals surface area contributed by atoms with Crippen molar-refractivity contribution in [1.82, 2.24) is 9.38 Å². The first-order chi connectivity index (χ1) is 11.7. The van der Waals surface area contributed by atoms with E-state index in [0.717, 1.165) is 12.1 Å². The first-order valence-corrected chi connectivity index (χ1v) is 7.57. The minimum atomic E-state index is -1.33. The number of pyridine rings is 1.